The number of hydrogen-bond acceptors (Lipinski definition) is 5. The summed E-state index contributed by atoms with van der Waals surface area (Å²) in [6.45, 7) is 0.699. The Kier molecular flexibility index (Phi) is 5.36. The highest BCUT2D eigenvalue weighted by atomic mass is 16.5. The van der Waals surface area contributed by atoms with Gasteiger partial charge in [-0.1, -0.05) is 30.3 Å². The number of carboxylic acids is 1. The smallest absolute Gasteiger partial charge is 0.320 e. The predicted molar refractivity (Wildman–Crippen MR) is 110 cm³/mol. The molecule has 1 N–H and O–H groups in total. The molecule has 6 nitrogen and oxygen atoms in total. The number of benzene rings is 2. The van der Waals surface area contributed by atoms with E-state index in [2.05, 4.69) is 0 Å². The van der Waals surface area contributed by atoms with Gasteiger partial charge in [0.05, 0.1) is 31.5 Å². The Labute approximate surface area is 169 Å². The van der Waals surface area contributed by atoms with Gasteiger partial charge in [-0.15, -0.1) is 0 Å². The van der Waals surface area contributed by atoms with Crippen LogP contribution >= 0.6 is 0 Å². The van der Waals surface area contributed by atoms with Crippen molar-refractivity contribution in [2.24, 2.45) is 0 Å². The lowest BCUT2D eigenvalue weighted by molar-refractivity contribution is -0.142. The largest absolute Gasteiger partial charge is 0.493 e. The number of hydrogen-bond donors (Lipinski definition) is 1. The molecule has 2 heterocycles. The molecule has 150 valence electrons. The standard InChI is InChI=1S/C23H24N2O4/c1-28-20-12-10-16(14-21(20)29-2)22(25-13-5-8-19(25)23(26)27)18-11-9-15-6-3-4-7-17(15)24-18/h3-4,6-7,9-12,14,19,22H,5,8,13H2,1-2H3,(H,26,27). The van der Waals surface area contributed by atoms with Crippen molar-refractivity contribution in [3.05, 3.63) is 65.9 Å². The lowest BCUT2D eigenvalue weighted by Crippen LogP contribution is -2.39. The van der Waals surface area contributed by atoms with Crippen molar-refractivity contribution < 1.29 is 19.4 Å². The number of rotatable bonds is 6. The lowest BCUT2D eigenvalue weighted by atomic mass is 9.99. The second-order valence-electron chi connectivity index (χ2n) is 7.18. The fourth-order valence-corrected chi connectivity index (χ4v) is 4.15. The zero-order chi connectivity index (χ0) is 20.4. The highest BCUT2D eigenvalue weighted by Gasteiger charge is 2.37. The molecule has 0 bridgehead atoms. The summed E-state index contributed by atoms with van der Waals surface area (Å²) < 4.78 is 10.9. The Morgan fingerprint density at radius 1 is 1.10 bits per heavy atom. The molecular weight excluding hydrogens is 368 g/mol. The molecule has 0 saturated carbocycles. The Morgan fingerprint density at radius 3 is 2.66 bits per heavy atom. The number of nitrogens with zero attached hydrogens (tertiary/aromatic N) is 2. The van der Waals surface area contributed by atoms with Crippen molar-refractivity contribution in [3.63, 3.8) is 0 Å². The van der Waals surface area contributed by atoms with Gasteiger partial charge in [-0.3, -0.25) is 14.7 Å². The molecule has 29 heavy (non-hydrogen) atoms. The molecule has 2 atom stereocenters. The van der Waals surface area contributed by atoms with E-state index in [0.29, 0.717) is 24.5 Å². The second kappa shape index (κ2) is 8.09. The summed E-state index contributed by atoms with van der Waals surface area (Å²) in [4.78, 5) is 18.8. The number of carboxylic acid groups (broad SMARTS) is 1. The fourth-order valence-electron chi connectivity index (χ4n) is 4.15. The van der Waals surface area contributed by atoms with E-state index in [1.807, 2.05) is 59.5 Å². The minimum atomic E-state index is -0.797. The van der Waals surface area contributed by atoms with Crippen LogP contribution in [0.4, 0.5) is 0 Å². The SMILES string of the molecule is COc1ccc(C(c2ccc3ccccc3n2)N2CCCC2C(=O)O)cc1OC. The number of ether oxygens (including phenoxy) is 2. The summed E-state index contributed by atoms with van der Waals surface area (Å²) >= 11 is 0. The molecule has 1 fully saturated rings. The number of aliphatic carboxylic acids is 1. The molecule has 4 rings (SSSR count). The number of likely N-dealkylation sites (tertiary alicyclic amines) is 1. The van der Waals surface area contributed by atoms with Gasteiger partial charge in [0, 0.05) is 11.9 Å². The summed E-state index contributed by atoms with van der Waals surface area (Å²) in [5, 5.41) is 10.8. The van der Waals surface area contributed by atoms with E-state index in [4.69, 9.17) is 14.5 Å². The van der Waals surface area contributed by atoms with Gasteiger partial charge in [-0.2, -0.15) is 0 Å². The first-order valence-corrected chi connectivity index (χ1v) is 9.68. The Bertz CT molecular complexity index is 1040. The van der Waals surface area contributed by atoms with Crippen LogP contribution in [0.3, 0.4) is 0 Å². The van der Waals surface area contributed by atoms with Crippen LogP contribution in [-0.4, -0.2) is 47.8 Å². The van der Waals surface area contributed by atoms with Crippen molar-refractivity contribution in [1.82, 2.24) is 9.88 Å². The molecule has 2 unspecified atom stereocenters. The Balaban J connectivity index is 1.86. The van der Waals surface area contributed by atoms with E-state index in [-0.39, 0.29) is 6.04 Å². The van der Waals surface area contributed by atoms with E-state index in [9.17, 15) is 9.90 Å². The van der Waals surface area contributed by atoms with Crippen LogP contribution in [-0.2, 0) is 4.79 Å². The summed E-state index contributed by atoms with van der Waals surface area (Å²) in [7, 11) is 3.20. The number of fused-ring (bicyclic) bond motifs is 1. The van der Waals surface area contributed by atoms with Crippen LogP contribution in [0.5, 0.6) is 11.5 Å². The van der Waals surface area contributed by atoms with Crippen LogP contribution in [0.15, 0.2) is 54.6 Å². The lowest BCUT2D eigenvalue weighted by Gasteiger charge is -2.31. The number of pyridine rings is 1. The molecule has 6 heteroatoms. The first kappa shape index (κ1) is 19.2. The minimum Gasteiger partial charge on any atom is -0.493 e. The average Bonchev–Trinajstić information content (AvgIpc) is 3.23. The topological polar surface area (TPSA) is 71.9 Å². The fraction of sp³-hybridized carbons (Fsp3) is 0.304. The molecule has 0 amide bonds. The summed E-state index contributed by atoms with van der Waals surface area (Å²) in [5.74, 6) is 0.452. The zero-order valence-corrected chi connectivity index (χ0v) is 16.5. The first-order chi connectivity index (χ1) is 14.1. The summed E-state index contributed by atoms with van der Waals surface area (Å²) in [5.41, 5.74) is 2.64. The Hall–Kier alpha value is -3.12. The summed E-state index contributed by atoms with van der Waals surface area (Å²) in [6.07, 6.45) is 1.47. The molecule has 0 aliphatic carbocycles. The van der Waals surface area contributed by atoms with Gasteiger partial charge in [0.1, 0.15) is 6.04 Å². The molecule has 1 saturated heterocycles. The second-order valence-corrected chi connectivity index (χ2v) is 7.18. The van der Waals surface area contributed by atoms with Crippen molar-refractivity contribution in [2.45, 2.75) is 24.9 Å². The number of aromatic nitrogens is 1. The average molecular weight is 392 g/mol. The van der Waals surface area contributed by atoms with Crippen molar-refractivity contribution >= 4 is 16.9 Å². The minimum absolute atomic E-state index is 0.289. The van der Waals surface area contributed by atoms with E-state index in [1.165, 1.54) is 0 Å². The maximum Gasteiger partial charge on any atom is 0.320 e. The van der Waals surface area contributed by atoms with Crippen LogP contribution in [0.1, 0.15) is 30.1 Å². The van der Waals surface area contributed by atoms with Crippen LogP contribution in [0, 0.1) is 0 Å². The molecule has 3 aromatic rings. The number of methoxy groups -OCH3 is 2. The maximum atomic E-state index is 11.9. The van der Waals surface area contributed by atoms with Gasteiger partial charge in [0.2, 0.25) is 0 Å². The third-order valence-corrected chi connectivity index (χ3v) is 5.53. The molecule has 1 aromatic heterocycles. The first-order valence-electron chi connectivity index (χ1n) is 9.68. The van der Waals surface area contributed by atoms with Gasteiger partial charge >= 0.3 is 5.97 Å². The van der Waals surface area contributed by atoms with Gasteiger partial charge in [-0.25, -0.2) is 0 Å². The predicted octanol–water partition coefficient (Wildman–Crippen LogP) is 3.89. The number of para-hydroxylation sites is 1. The van der Waals surface area contributed by atoms with Gasteiger partial charge < -0.3 is 14.6 Å². The third-order valence-electron chi connectivity index (χ3n) is 5.53. The third kappa shape index (κ3) is 3.63. The van der Waals surface area contributed by atoms with Crippen LogP contribution in [0.25, 0.3) is 10.9 Å². The molecule has 1 aliphatic heterocycles. The Morgan fingerprint density at radius 2 is 1.90 bits per heavy atom. The highest BCUT2D eigenvalue weighted by molar-refractivity contribution is 5.78. The van der Waals surface area contributed by atoms with Crippen LogP contribution in [0.2, 0.25) is 0 Å². The van der Waals surface area contributed by atoms with Gasteiger partial charge in [-0.05, 0) is 42.7 Å². The number of carbonyl (C=O) groups is 1. The quantitative estimate of drug-likeness (QED) is 0.686. The van der Waals surface area contributed by atoms with E-state index >= 15 is 0 Å². The molecule has 0 radical (unpaired) electrons. The summed E-state index contributed by atoms with van der Waals surface area (Å²) in [6, 6.07) is 16.9. The van der Waals surface area contributed by atoms with E-state index in [1.54, 1.807) is 14.2 Å². The van der Waals surface area contributed by atoms with Crippen molar-refractivity contribution in [1.29, 1.82) is 0 Å². The molecular formula is C23H24N2O4. The molecule has 1 aliphatic rings. The maximum absolute atomic E-state index is 11.9. The molecule has 0 spiro atoms. The highest BCUT2D eigenvalue weighted by Crippen LogP contribution is 2.38. The van der Waals surface area contributed by atoms with Crippen molar-refractivity contribution in [3.8, 4) is 11.5 Å². The van der Waals surface area contributed by atoms with Gasteiger partial charge in [0.25, 0.3) is 0 Å². The van der Waals surface area contributed by atoms with Crippen molar-refractivity contribution in [2.75, 3.05) is 20.8 Å². The molecule has 2 aromatic carbocycles. The van der Waals surface area contributed by atoms with E-state index < -0.39 is 12.0 Å². The monoisotopic (exact) mass is 392 g/mol. The van der Waals surface area contributed by atoms with E-state index in [0.717, 1.165) is 28.6 Å². The van der Waals surface area contributed by atoms with Crippen LogP contribution < -0.4 is 9.47 Å². The zero-order valence-electron chi connectivity index (χ0n) is 16.5. The normalized spacial score (nSPS) is 17.9. The van der Waals surface area contributed by atoms with Gasteiger partial charge in [0.15, 0.2) is 11.5 Å².